The van der Waals surface area contributed by atoms with Gasteiger partial charge < -0.3 is 5.32 Å². The van der Waals surface area contributed by atoms with Crippen LogP contribution in [-0.2, 0) is 11.2 Å². The van der Waals surface area contributed by atoms with E-state index in [1.807, 2.05) is 30.3 Å². The Bertz CT molecular complexity index is 357. The highest BCUT2D eigenvalue weighted by Crippen LogP contribution is 2.02. The minimum atomic E-state index is -0.0277. The summed E-state index contributed by atoms with van der Waals surface area (Å²) in [7, 11) is 0. The molecule has 0 unspecified atom stereocenters. The second-order valence-electron chi connectivity index (χ2n) is 3.25. The Hall–Kier alpha value is -1.64. The number of nitrogens with zero attached hydrogens (tertiary/aromatic N) is 1. The highest BCUT2D eigenvalue weighted by Gasteiger charge is 2.14. The van der Waals surface area contributed by atoms with Crippen molar-refractivity contribution < 1.29 is 4.79 Å². The molecule has 1 aliphatic heterocycles. The largest absolute Gasteiger partial charge is 0.349 e. The molecule has 0 atom stereocenters. The van der Waals surface area contributed by atoms with Crippen molar-refractivity contribution in [1.82, 2.24) is 5.32 Å². The average molecular weight is 188 g/mol. The average Bonchev–Trinajstić information content (AvgIpc) is 2.23. The second-order valence-corrected chi connectivity index (χ2v) is 3.25. The van der Waals surface area contributed by atoms with E-state index in [1.54, 1.807) is 0 Å². The summed E-state index contributed by atoms with van der Waals surface area (Å²) in [6.45, 7) is 1.37. The molecule has 0 spiro atoms. The summed E-state index contributed by atoms with van der Waals surface area (Å²) in [6.07, 6.45) is 0.632. The number of rotatable bonds is 2. The number of aliphatic imine (C=N–C) groups is 1. The van der Waals surface area contributed by atoms with E-state index >= 15 is 0 Å². The molecule has 0 saturated heterocycles. The summed E-state index contributed by atoms with van der Waals surface area (Å²) in [4.78, 5) is 15.6. The summed E-state index contributed by atoms with van der Waals surface area (Å²) in [5.41, 5.74) is 1.77. The second kappa shape index (κ2) is 4.05. The van der Waals surface area contributed by atoms with Crippen LogP contribution in [-0.4, -0.2) is 24.7 Å². The molecule has 0 fully saturated rings. The van der Waals surface area contributed by atoms with Crippen molar-refractivity contribution in [3.8, 4) is 0 Å². The SMILES string of the molecule is O=C1NCCN=C1Cc1ccccc1. The smallest absolute Gasteiger partial charge is 0.265 e. The first-order valence-corrected chi connectivity index (χ1v) is 4.72. The fourth-order valence-electron chi connectivity index (χ4n) is 1.46. The highest BCUT2D eigenvalue weighted by atomic mass is 16.2. The van der Waals surface area contributed by atoms with Crippen LogP contribution in [0.15, 0.2) is 35.3 Å². The van der Waals surface area contributed by atoms with E-state index in [1.165, 1.54) is 0 Å². The van der Waals surface area contributed by atoms with Crippen molar-refractivity contribution in [3.63, 3.8) is 0 Å². The van der Waals surface area contributed by atoms with E-state index in [0.29, 0.717) is 25.2 Å². The van der Waals surface area contributed by atoms with E-state index in [-0.39, 0.29) is 5.91 Å². The Morgan fingerprint density at radius 2 is 2.07 bits per heavy atom. The van der Waals surface area contributed by atoms with Crippen LogP contribution in [0.25, 0.3) is 0 Å². The molecule has 3 nitrogen and oxygen atoms in total. The van der Waals surface area contributed by atoms with Crippen molar-refractivity contribution in [1.29, 1.82) is 0 Å². The third-order valence-electron chi connectivity index (χ3n) is 2.18. The Labute approximate surface area is 82.9 Å². The maximum atomic E-state index is 11.4. The molecule has 72 valence electrons. The van der Waals surface area contributed by atoms with E-state index in [2.05, 4.69) is 10.3 Å². The Kier molecular flexibility index (Phi) is 2.58. The van der Waals surface area contributed by atoms with Gasteiger partial charge in [0, 0.05) is 13.0 Å². The molecule has 0 aliphatic carbocycles. The zero-order chi connectivity index (χ0) is 9.80. The van der Waals surface area contributed by atoms with Crippen molar-refractivity contribution in [3.05, 3.63) is 35.9 Å². The number of amides is 1. The van der Waals surface area contributed by atoms with Crippen LogP contribution in [0.1, 0.15) is 5.56 Å². The third-order valence-corrected chi connectivity index (χ3v) is 2.18. The summed E-state index contributed by atoms with van der Waals surface area (Å²) in [6, 6.07) is 9.91. The topological polar surface area (TPSA) is 41.5 Å². The van der Waals surface area contributed by atoms with E-state index in [0.717, 1.165) is 5.56 Å². The maximum absolute atomic E-state index is 11.4. The van der Waals surface area contributed by atoms with Crippen molar-refractivity contribution >= 4 is 11.6 Å². The van der Waals surface area contributed by atoms with Gasteiger partial charge in [-0.05, 0) is 5.56 Å². The molecule has 1 aromatic carbocycles. The lowest BCUT2D eigenvalue weighted by Gasteiger charge is -2.12. The first kappa shape index (κ1) is 8.94. The minimum absolute atomic E-state index is 0.0277. The molecule has 1 amide bonds. The maximum Gasteiger partial charge on any atom is 0.265 e. The van der Waals surface area contributed by atoms with Crippen LogP contribution in [0.2, 0.25) is 0 Å². The van der Waals surface area contributed by atoms with Crippen molar-refractivity contribution in [2.75, 3.05) is 13.1 Å². The standard InChI is InChI=1S/C11H12N2O/c14-11-10(12-6-7-13-11)8-9-4-2-1-3-5-9/h1-5H,6-8H2,(H,13,14). The van der Waals surface area contributed by atoms with Crippen molar-refractivity contribution in [2.45, 2.75) is 6.42 Å². The number of carbonyl (C=O) groups is 1. The third kappa shape index (κ3) is 1.99. The summed E-state index contributed by atoms with van der Waals surface area (Å²) in [5, 5.41) is 2.78. The lowest BCUT2D eigenvalue weighted by atomic mass is 10.1. The number of benzene rings is 1. The van der Waals surface area contributed by atoms with Gasteiger partial charge in [-0.2, -0.15) is 0 Å². The molecule has 0 aromatic heterocycles. The Balaban J connectivity index is 2.11. The van der Waals surface area contributed by atoms with Gasteiger partial charge in [0.25, 0.3) is 5.91 Å². The minimum Gasteiger partial charge on any atom is -0.349 e. The van der Waals surface area contributed by atoms with Crippen molar-refractivity contribution in [2.24, 2.45) is 4.99 Å². The zero-order valence-electron chi connectivity index (χ0n) is 7.86. The molecule has 1 aliphatic rings. The summed E-state index contributed by atoms with van der Waals surface area (Å²) in [5.74, 6) is -0.0277. The number of nitrogens with one attached hydrogen (secondary N) is 1. The van der Waals surface area contributed by atoms with E-state index in [4.69, 9.17) is 0 Å². The van der Waals surface area contributed by atoms with Crippen LogP contribution in [0.3, 0.4) is 0 Å². The number of carbonyl (C=O) groups excluding carboxylic acids is 1. The molecular formula is C11H12N2O. The molecule has 1 aromatic rings. The summed E-state index contributed by atoms with van der Waals surface area (Å²) < 4.78 is 0. The number of hydrogen-bond acceptors (Lipinski definition) is 2. The monoisotopic (exact) mass is 188 g/mol. The van der Waals surface area contributed by atoms with Gasteiger partial charge in [0.1, 0.15) is 5.71 Å². The first-order chi connectivity index (χ1) is 6.86. The van der Waals surface area contributed by atoms with E-state index < -0.39 is 0 Å². The molecule has 14 heavy (non-hydrogen) atoms. The molecular weight excluding hydrogens is 176 g/mol. The van der Waals surface area contributed by atoms with Gasteiger partial charge in [-0.3, -0.25) is 9.79 Å². The lowest BCUT2D eigenvalue weighted by Crippen LogP contribution is -2.38. The molecule has 2 rings (SSSR count). The zero-order valence-corrected chi connectivity index (χ0v) is 7.86. The van der Waals surface area contributed by atoms with Crippen LogP contribution < -0.4 is 5.32 Å². The molecule has 0 saturated carbocycles. The molecule has 3 heteroatoms. The van der Waals surface area contributed by atoms with Gasteiger partial charge >= 0.3 is 0 Å². The van der Waals surface area contributed by atoms with Crippen LogP contribution in [0, 0.1) is 0 Å². The predicted molar refractivity (Wildman–Crippen MR) is 55.5 cm³/mol. The van der Waals surface area contributed by atoms with Gasteiger partial charge in [-0.1, -0.05) is 30.3 Å². The molecule has 0 bridgehead atoms. The Morgan fingerprint density at radius 1 is 1.29 bits per heavy atom. The van der Waals surface area contributed by atoms with Gasteiger partial charge in [0.2, 0.25) is 0 Å². The summed E-state index contributed by atoms with van der Waals surface area (Å²) >= 11 is 0. The lowest BCUT2D eigenvalue weighted by molar-refractivity contribution is -0.115. The molecule has 1 heterocycles. The first-order valence-electron chi connectivity index (χ1n) is 4.72. The van der Waals surface area contributed by atoms with Gasteiger partial charge in [0.05, 0.1) is 6.54 Å². The number of hydrogen-bond donors (Lipinski definition) is 1. The van der Waals surface area contributed by atoms with Gasteiger partial charge in [-0.25, -0.2) is 0 Å². The fourth-order valence-corrected chi connectivity index (χ4v) is 1.46. The van der Waals surface area contributed by atoms with Gasteiger partial charge in [0.15, 0.2) is 0 Å². The quantitative estimate of drug-likeness (QED) is 0.732. The highest BCUT2D eigenvalue weighted by molar-refractivity contribution is 6.39. The molecule has 0 radical (unpaired) electrons. The van der Waals surface area contributed by atoms with Gasteiger partial charge in [-0.15, -0.1) is 0 Å². The van der Waals surface area contributed by atoms with Crippen LogP contribution in [0.5, 0.6) is 0 Å². The van der Waals surface area contributed by atoms with Crippen LogP contribution >= 0.6 is 0 Å². The normalized spacial score (nSPS) is 16.0. The fraction of sp³-hybridized carbons (Fsp3) is 0.273. The molecule has 1 N–H and O–H groups in total. The predicted octanol–water partition coefficient (Wildman–Crippen LogP) is 0.800. The Morgan fingerprint density at radius 3 is 2.79 bits per heavy atom. The van der Waals surface area contributed by atoms with E-state index in [9.17, 15) is 4.79 Å². The van der Waals surface area contributed by atoms with Crippen LogP contribution in [0.4, 0.5) is 0 Å².